The fraction of sp³-hybridized carbons (Fsp3) is 0.484. The molecule has 1 fully saturated rings. The van der Waals surface area contributed by atoms with E-state index in [9.17, 15) is 32.3 Å². The van der Waals surface area contributed by atoms with Crippen LogP contribution in [-0.4, -0.2) is 91.1 Å². The molecular formula is C31H41F3N6O4. The molecular weight excluding hydrogens is 577 g/mol. The highest BCUT2D eigenvalue weighted by Gasteiger charge is 2.44. The molecule has 3 atom stereocenters. The van der Waals surface area contributed by atoms with Crippen molar-refractivity contribution in [1.82, 2.24) is 25.8 Å². The third-order valence-electron chi connectivity index (χ3n) is 7.56. The lowest BCUT2D eigenvalue weighted by Crippen LogP contribution is -2.55. The number of halogens is 3. The van der Waals surface area contributed by atoms with Gasteiger partial charge in [-0.25, -0.2) is 4.79 Å². The number of carbonyl (C=O) groups is 4. The number of nitrogens with zero attached hydrogens (tertiary/aromatic N) is 2. The first kappa shape index (κ1) is 34.4. The van der Waals surface area contributed by atoms with Gasteiger partial charge in [0, 0.05) is 37.9 Å². The predicted molar refractivity (Wildman–Crippen MR) is 161 cm³/mol. The Bertz CT molecular complexity index is 1230. The van der Waals surface area contributed by atoms with Crippen molar-refractivity contribution in [3.63, 3.8) is 0 Å². The molecule has 2 aromatic rings. The van der Waals surface area contributed by atoms with E-state index in [2.05, 4.69) is 21.3 Å². The zero-order valence-electron chi connectivity index (χ0n) is 25.0. The molecule has 2 unspecified atom stereocenters. The lowest BCUT2D eigenvalue weighted by Gasteiger charge is -2.33. The monoisotopic (exact) mass is 618 g/mol. The summed E-state index contributed by atoms with van der Waals surface area (Å²) in [5, 5.41) is 11.0. The Morgan fingerprint density at radius 3 is 2.32 bits per heavy atom. The number of anilines is 1. The number of carbonyl (C=O) groups excluding carboxylic acids is 4. The van der Waals surface area contributed by atoms with Crippen LogP contribution in [-0.2, 0) is 20.8 Å². The Morgan fingerprint density at radius 1 is 1.02 bits per heavy atom. The number of likely N-dealkylation sites (N-methyl/N-ethyl adjacent to an activating group) is 1. The third kappa shape index (κ3) is 10.5. The van der Waals surface area contributed by atoms with Crippen molar-refractivity contribution in [2.75, 3.05) is 38.5 Å². The van der Waals surface area contributed by atoms with Crippen LogP contribution in [0.15, 0.2) is 60.7 Å². The maximum Gasteiger partial charge on any atom is 0.471 e. The number of alkyl halides is 3. The second-order valence-corrected chi connectivity index (χ2v) is 10.8. The van der Waals surface area contributed by atoms with E-state index in [0.29, 0.717) is 31.5 Å². The van der Waals surface area contributed by atoms with Crippen LogP contribution in [0.1, 0.15) is 38.2 Å². The van der Waals surface area contributed by atoms with Crippen molar-refractivity contribution >= 4 is 29.4 Å². The van der Waals surface area contributed by atoms with Crippen LogP contribution in [0.25, 0.3) is 0 Å². The third-order valence-corrected chi connectivity index (χ3v) is 7.56. The van der Waals surface area contributed by atoms with E-state index in [0.717, 1.165) is 10.5 Å². The number of amides is 5. The number of benzene rings is 2. The Morgan fingerprint density at radius 2 is 1.68 bits per heavy atom. The molecule has 13 heteroatoms. The van der Waals surface area contributed by atoms with Gasteiger partial charge in [0.1, 0.15) is 6.04 Å². The predicted octanol–water partition coefficient (Wildman–Crippen LogP) is 3.31. The summed E-state index contributed by atoms with van der Waals surface area (Å²) in [7, 11) is 1.61. The topological polar surface area (TPSA) is 123 Å². The first-order valence-electron chi connectivity index (χ1n) is 14.8. The highest BCUT2D eigenvalue weighted by molar-refractivity contribution is 5.90. The van der Waals surface area contributed by atoms with Crippen molar-refractivity contribution in [2.24, 2.45) is 0 Å². The lowest BCUT2D eigenvalue weighted by atomic mass is 10.1. The summed E-state index contributed by atoms with van der Waals surface area (Å²) in [6.07, 6.45) is -3.31. The van der Waals surface area contributed by atoms with Gasteiger partial charge in [0.25, 0.3) is 0 Å². The number of urea groups is 1. The Balaban J connectivity index is 1.66. The molecule has 240 valence electrons. The molecule has 1 saturated heterocycles. The van der Waals surface area contributed by atoms with Crippen molar-refractivity contribution in [1.29, 1.82) is 0 Å². The minimum atomic E-state index is -5.05. The van der Waals surface area contributed by atoms with Crippen molar-refractivity contribution in [3.05, 3.63) is 66.2 Å². The minimum absolute atomic E-state index is 0.155. The molecule has 3 rings (SSSR count). The molecule has 1 aliphatic heterocycles. The fourth-order valence-corrected chi connectivity index (χ4v) is 5.02. The largest absolute Gasteiger partial charge is 0.471 e. The van der Waals surface area contributed by atoms with Gasteiger partial charge in [-0.2, -0.15) is 13.2 Å². The molecule has 10 nitrogen and oxygen atoms in total. The first-order valence-corrected chi connectivity index (χ1v) is 14.8. The molecule has 5 amide bonds. The highest BCUT2D eigenvalue weighted by atomic mass is 19.4. The molecule has 0 radical (unpaired) electrons. The first-order chi connectivity index (χ1) is 21.0. The van der Waals surface area contributed by atoms with Gasteiger partial charge in [-0.15, -0.1) is 0 Å². The van der Waals surface area contributed by atoms with Crippen LogP contribution < -0.4 is 21.3 Å². The molecule has 0 spiro atoms. The van der Waals surface area contributed by atoms with Crippen LogP contribution in [0.5, 0.6) is 0 Å². The van der Waals surface area contributed by atoms with Crippen molar-refractivity contribution in [2.45, 2.75) is 63.3 Å². The highest BCUT2D eigenvalue weighted by Crippen LogP contribution is 2.24. The second kappa shape index (κ2) is 16.6. The van der Waals surface area contributed by atoms with E-state index in [1.165, 1.54) is 4.90 Å². The van der Waals surface area contributed by atoms with E-state index < -0.39 is 48.1 Å². The van der Waals surface area contributed by atoms with Gasteiger partial charge in [-0.1, -0.05) is 48.5 Å². The molecule has 0 aromatic heterocycles. The lowest BCUT2D eigenvalue weighted by molar-refractivity contribution is -0.186. The summed E-state index contributed by atoms with van der Waals surface area (Å²) in [6.45, 7) is 1.72. The van der Waals surface area contributed by atoms with Gasteiger partial charge in [-0.3, -0.25) is 14.4 Å². The fourth-order valence-electron chi connectivity index (χ4n) is 5.02. The van der Waals surface area contributed by atoms with Gasteiger partial charge in [0.2, 0.25) is 11.8 Å². The molecule has 2 aromatic carbocycles. The molecule has 4 N–H and O–H groups in total. The Hall–Kier alpha value is -4.13. The summed E-state index contributed by atoms with van der Waals surface area (Å²) < 4.78 is 40.6. The Labute approximate surface area is 255 Å². The van der Waals surface area contributed by atoms with Gasteiger partial charge in [0.05, 0.1) is 6.04 Å². The zero-order valence-corrected chi connectivity index (χ0v) is 25.0. The number of hydrogen-bond donors (Lipinski definition) is 4. The molecule has 0 bridgehead atoms. The maximum absolute atomic E-state index is 13.8. The van der Waals surface area contributed by atoms with Crippen LogP contribution in [0.2, 0.25) is 0 Å². The second-order valence-electron chi connectivity index (χ2n) is 10.8. The van der Waals surface area contributed by atoms with E-state index in [1.807, 2.05) is 6.07 Å². The average Bonchev–Trinajstić information content (AvgIpc) is 3.48. The van der Waals surface area contributed by atoms with Gasteiger partial charge in [0.15, 0.2) is 0 Å². The average molecular weight is 619 g/mol. The SMILES string of the molecule is CN[C@@H](C)C(=O)NC(CCCNC(=O)Nc1ccccc1)C(=O)N1CCCC1CN(CCc1ccccc1)C(=O)C(F)(F)F. The van der Waals surface area contributed by atoms with Gasteiger partial charge < -0.3 is 31.1 Å². The molecule has 44 heavy (non-hydrogen) atoms. The van der Waals surface area contributed by atoms with Crippen LogP contribution >= 0.6 is 0 Å². The summed E-state index contributed by atoms with van der Waals surface area (Å²) in [6, 6.07) is 15.2. The number of para-hydroxylation sites is 1. The number of likely N-dealkylation sites (tertiary alicyclic amines) is 1. The summed E-state index contributed by atoms with van der Waals surface area (Å²) in [5.74, 6) is -2.78. The van der Waals surface area contributed by atoms with Crippen molar-refractivity contribution in [3.8, 4) is 0 Å². The summed E-state index contributed by atoms with van der Waals surface area (Å²) in [5.41, 5.74) is 1.41. The minimum Gasteiger partial charge on any atom is -0.343 e. The quantitative estimate of drug-likeness (QED) is 0.242. The number of nitrogens with one attached hydrogen (secondary N) is 4. The van der Waals surface area contributed by atoms with Gasteiger partial charge in [-0.05, 0) is 63.8 Å². The van der Waals surface area contributed by atoms with E-state index in [-0.39, 0.29) is 32.5 Å². The van der Waals surface area contributed by atoms with Crippen LogP contribution in [0.3, 0.4) is 0 Å². The molecule has 1 heterocycles. The number of rotatable bonds is 14. The van der Waals surface area contributed by atoms with Crippen LogP contribution in [0, 0.1) is 0 Å². The van der Waals surface area contributed by atoms with E-state index in [4.69, 9.17) is 0 Å². The smallest absolute Gasteiger partial charge is 0.343 e. The van der Waals surface area contributed by atoms with Crippen molar-refractivity contribution < 1.29 is 32.3 Å². The maximum atomic E-state index is 13.8. The normalized spacial score (nSPS) is 16.1. The van der Waals surface area contributed by atoms with E-state index in [1.54, 1.807) is 68.6 Å². The Kier molecular flexibility index (Phi) is 13.0. The summed E-state index contributed by atoms with van der Waals surface area (Å²) in [4.78, 5) is 53.3. The standard InChI is InChI=1S/C31H41F3N6O4/c1-22(35-2)27(41)38-26(16-9-18-36-30(44)37-24-13-7-4-8-14-24)28(42)40-19-10-15-25(40)21-39(29(43)31(32,33)34)20-17-23-11-5-3-6-12-23/h3-8,11-14,22,25-26,35H,9-10,15-21H2,1-2H3,(H,38,41)(H2,36,37,44)/t22-,25?,26?/m0/s1. The number of hydrogen-bond acceptors (Lipinski definition) is 5. The molecule has 0 saturated carbocycles. The van der Waals surface area contributed by atoms with E-state index >= 15 is 0 Å². The zero-order chi connectivity index (χ0) is 32.1. The molecule has 1 aliphatic rings. The van der Waals surface area contributed by atoms with Crippen LogP contribution in [0.4, 0.5) is 23.7 Å². The molecule has 0 aliphatic carbocycles. The van der Waals surface area contributed by atoms with Gasteiger partial charge >= 0.3 is 18.1 Å². The summed E-state index contributed by atoms with van der Waals surface area (Å²) >= 11 is 0.